The zero-order valence-corrected chi connectivity index (χ0v) is 19.3. The Balaban J connectivity index is 1.88. The first kappa shape index (κ1) is 24.6. The second-order valence-electron chi connectivity index (χ2n) is 6.84. The number of nitriles is 1. The van der Waals surface area contributed by atoms with E-state index in [1.165, 1.54) is 25.3 Å². The molecule has 172 valence electrons. The number of amides is 1. The smallest absolute Gasteiger partial charge is 0.271 e. The Morgan fingerprint density at radius 3 is 2.59 bits per heavy atom. The summed E-state index contributed by atoms with van der Waals surface area (Å²) in [5, 5.41) is 23.5. The second-order valence-corrected chi connectivity index (χ2v) is 7.69. The minimum atomic E-state index is -0.748. The normalized spacial score (nSPS) is 10.8. The zero-order chi connectivity index (χ0) is 24.7. The first-order valence-corrected chi connectivity index (χ1v) is 10.5. The lowest BCUT2D eigenvalue weighted by Gasteiger charge is -2.14. The number of non-ortho nitro benzene ring substituents is 1. The lowest BCUT2D eigenvalue weighted by atomic mass is 10.1. The second kappa shape index (κ2) is 11.2. The number of methoxy groups -OCH3 is 1. The van der Waals surface area contributed by atoms with Crippen LogP contribution in [0.25, 0.3) is 6.08 Å². The van der Waals surface area contributed by atoms with E-state index in [1.54, 1.807) is 36.4 Å². The van der Waals surface area contributed by atoms with Crippen LogP contribution in [0.4, 0.5) is 11.4 Å². The van der Waals surface area contributed by atoms with Crippen molar-refractivity contribution in [3.05, 3.63) is 97.5 Å². The number of nitro benzene ring substituents is 1. The highest BCUT2D eigenvalue weighted by atomic mass is 35.5. The number of halogens is 2. The van der Waals surface area contributed by atoms with Gasteiger partial charge in [-0.15, -0.1) is 0 Å². The Labute approximate surface area is 205 Å². The number of nitrogens with one attached hydrogen (secondary N) is 1. The summed E-state index contributed by atoms with van der Waals surface area (Å²) in [6.45, 7) is 0.175. The van der Waals surface area contributed by atoms with Gasteiger partial charge in [-0.2, -0.15) is 5.26 Å². The van der Waals surface area contributed by atoms with Crippen LogP contribution in [-0.2, 0) is 11.4 Å². The summed E-state index contributed by atoms with van der Waals surface area (Å²) in [7, 11) is 1.48. The number of benzene rings is 3. The van der Waals surface area contributed by atoms with Gasteiger partial charge in [0.2, 0.25) is 0 Å². The van der Waals surface area contributed by atoms with E-state index in [0.717, 1.165) is 11.6 Å². The zero-order valence-electron chi connectivity index (χ0n) is 17.7. The molecule has 0 atom stereocenters. The molecule has 0 fully saturated rings. The summed E-state index contributed by atoms with van der Waals surface area (Å²) >= 11 is 12.1. The Morgan fingerprint density at radius 2 is 1.94 bits per heavy atom. The number of hydrogen-bond acceptors (Lipinski definition) is 6. The number of ether oxygens (including phenoxy) is 2. The molecule has 0 radical (unpaired) electrons. The van der Waals surface area contributed by atoms with Crippen molar-refractivity contribution in [1.82, 2.24) is 0 Å². The van der Waals surface area contributed by atoms with E-state index < -0.39 is 10.8 Å². The molecule has 0 heterocycles. The molecule has 3 aromatic carbocycles. The van der Waals surface area contributed by atoms with E-state index in [9.17, 15) is 20.2 Å². The van der Waals surface area contributed by atoms with Crippen molar-refractivity contribution in [2.75, 3.05) is 12.4 Å². The molecule has 3 rings (SSSR count). The molecule has 0 saturated heterocycles. The monoisotopic (exact) mass is 497 g/mol. The van der Waals surface area contributed by atoms with Crippen molar-refractivity contribution in [3.63, 3.8) is 0 Å². The molecule has 8 nitrogen and oxygen atoms in total. The number of para-hydroxylation sites is 1. The molecule has 10 heteroatoms. The Hall–Kier alpha value is -4.06. The van der Waals surface area contributed by atoms with Crippen LogP contribution < -0.4 is 14.8 Å². The summed E-state index contributed by atoms with van der Waals surface area (Å²) in [4.78, 5) is 23.0. The number of rotatable bonds is 8. The molecule has 0 unspecified atom stereocenters. The van der Waals surface area contributed by atoms with Gasteiger partial charge in [0.05, 0.1) is 22.7 Å². The maximum absolute atomic E-state index is 12.7. The van der Waals surface area contributed by atoms with Gasteiger partial charge in [0.1, 0.15) is 18.2 Å². The molecule has 1 amide bonds. The maximum Gasteiger partial charge on any atom is 0.271 e. The highest BCUT2D eigenvalue weighted by molar-refractivity contribution is 6.34. The van der Waals surface area contributed by atoms with Crippen LogP contribution in [-0.4, -0.2) is 17.9 Å². The third-order valence-corrected chi connectivity index (χ3v) is 5.13. The van der Waals surface area contributed by atoms with Crippen LogP contribution in [0.15, 0.2) is 66.2 Å². The standard InChI is InChI=1S/C24H17Cl2N3O5/c1-33-22-7-3-5-16(23(22)34-14-15-4-2-6-18(25)10-15)11-17(13-27)24(30)28-21-9-8-19(29(31)32)12-20(21)26/h2-12H,14H2,1H3,(H,28,30). The molecule has 0 spiro atoms. The number of carbonyl (C=O) groups excluding carboxylic acids is 1. The third kappa shape index (κ3) is 6.04. The third-order valence-electron chi connectivity index (χ3n) is 4.58. The first-order chi connectivity index (χ1) is 16.3. The average molecular weight is 498 g/mol. The molecule has 0 saturated carbocycles. The highest BCUT2D eigenvalue weighted by Gasteiger charge is 2.17. The van der Waals surface area contributed by atoms with Gasteiger partial charge in [-0.1, -0.05) is 47.5 Å². The fourth-order valence-electron chi connectivity index (χ4n) is 2.96. The van der Waals surface area contributed by atoms with Gasteiger partial charge in [-0.25, -0.2) is 0 Å². The maximum atomic E-state index is 12.7. The number of hydrogen-bond donors (Lipinski definition) is 1. The van der Waals surface area contributed by atoms with Crippen LogP contribution in [0.3, 0.4) is 0 Å². The largest absolute Gasteiger partial charge is 0.493 e. The molecule has 3 aromatic rings. The average Bonchev–Trinajstić information content (AvgIpc) is 2.82. The number of carbonyl (C=O) groups is 1. The van der Waals surface area contributed by atoms with Gasteiger partial charge in [-0.3, -0.25) is 14.9 Å². The van der Waals surface area contributed by atoms with Crippen LogP contribution >= 0.6 is 23.2 Å². The van der Waals surface area contributed by atoms with Gasteiger partial charge in [0.15, 0.2) is 11.5 Å². The summed E-state index contributed by atoms with van der Waals surface area (Å²) in [5.41, 5.74) is 0.913. The van der Waals surface area contributed by atoms with Gasteiger partial charge in [0, 0.05) is 22.7 Å². The van der Waals surface area contributed by atoms with Crippen LogP contribution in [0, 0.1) is 21.4 Å². The minimum Gasteiger partial charge on any atom is -0.493 e. The van der Waals surface area contributed by atoms with E-state index in [4.69, 9.17) is 32.7 Å². The number of nitro groups is 1. The van der Waals surface area contributed by atoms with E-state index in [1.807, 2.05) is 12.1 Å². The molecule has 0 aliphatic heterocycles. The fraction of sp³-hybridized carbons (Fsp3) is 0.0833. The lowest BCUT2D eigenvalue weighted by molar-refractivity contribution is -0.384. The van der Waals surface area contributed by atoms with Crippen LogP contribution in [0.2, 0.25) is 10.0 Å². The molecular formula is C24H17Cl2N3O5. The van der Waals surface area contributed by atoms with E-state index in [-0.39, 0.29) is 28.6 Å². The Kier molecular flexibility index (Phi) is 8.09. The van der Waals surface area contributed by atoms with Crippen molar-refractivity contribution in [3.8, 4) is 17.6 Å². The van der Waals surface area contributed by atoms with Gasteiger partial charge < -0.3 is 14.8 Å². The summed E-state index contributed by atoms with van der Waals surface area (Å²) < 4.78 is 11.3. The van der Waals surface area contributed by atoms with Gasteiger partial charge >= 0.3 is 0 Å². The number of nitrogens with zero attached hydrogens (tertiary/aromatic N) is 2. The van der Waals surface area contributed by atoms with Gasteiger partial charge in [-0.05, 0) is 35.9 Å². The fourth-order valence-corrected chi connectivity index (χ4v) is 3.39. The van der Waals surface area contributed by atoms with Crippen molar-refractivity contribution in [2.24, 2.45) is 0 Å². The number of anilines is 1. The van der Waals surface area contributed by atoms with Crippen LogP contribution in [0.1, 0.15) is 11.1 Å². The first-order valence-electron chi connectivity index (χ1n) is 9.73. The topological polar surface area (TPSA) is 114 Å². The van der Waals surface area contributed by atoms with Crippen molar-refractivity contribution in [1.29, 1.82) is 5.26 Å². The minimum absolute atomic E-state index is 0.0354. The highest BCUT2D eigenvalue weighted by Crippen LogP contribution is 2.34. The molecule has 0 aliphatic carbocycles. The molecule has 0 aromatic heterocycles. The molecule has 1 N–H and O–H groups in total. The van der Waals surface area contributed by atoms with E-state index >= 15 is 0 Å². The van der Waals surface area contributed by atoms with Crippen LogP contribution in [0.5, 0.6) is 11.5 Å². The van der Waals surface area contributed by atoms with E-state index in [2.05, 4.69) is 5.32 Å². The van der Waals surface area contributed by atoms with Crippen molar-refractivity contribution >= 4 is 46.6 Å². The molecule has 0 aliphatic rings. The van der Waals surface area contributed by atoms with E-state index in [0.29, 0.717) is 22.1 Å². The van der Waals surface area contributed by atoms with Gasteiger partial charge in [0.25, 0.3) is 11.6 Å². The predicted octanol–water partition coefficient (Wildman–Crippen LogP) is 6.03. The Bertz CT molecular complexity index is 1320. The van der Waals surface area contributed by atoms with Crippen molar-refractivity contribution in [2.45, 2.75) is 6.61 Å². The molecular weight excluding hydrogens is 481 g/mol. The molecule has 0 bridgehead atoms. The summed E-state index contributed by atoms with van der Waals surface area (Å²) in [5.74, 6) is -0.00681. The summed E-state index contributed by atoms with van der Waals surface area (Å²) in [6, 6.07) is 17.6. The van der Waals surface area contributed by atoms with Crippen molar-refractivity contribution < 1.29 is 19.2 Å². The lowest BCUT2D eigenvalue weighted by Crippen LogP contribution is -2.14. The predicted molar refractivity (Wildman–Crippen MR) is 129 cm³/mol. The Morgan fingerprint density at radius 1 is 1.18 bits per heavy atom. The quantitative estimate of drug-likeness (QED) is 0.175. The molecule has 34 heavy (non-hydrogen) atoms. The SMILES string of the molecule is COc1cccc(C=C(C#N)C(=O)Nc2ccc([N+](=O)[O-])cc2Cl)c1OCc1cccc(Cl)c1. The summed E-state index contributed by atoms with van der Waals surface area (Å²) in [6.07, 6.45) is 1.35.